The van der Waals surface area contributed by atoms with Crippen LogP contribution >= 0.6 is 0 Å². The zero-order chi connectivity index (χ0) is 13.1. The molecule has 1 unspecified atom stereocenters. The van der Waals surface area contributed by atoms with Gasteiger partial charge in [0.2, 0.25) is 0 Å². The van der Waals surface area contributed by atoms with E-state index in [0.717, 1.165) is 16.7 Å². The van der Waals surface area contributed by atoms with E-state index in [1.165, 1.54) is 0 Å². The number of hydrogen-bond acceptors (Lipinski definition) is 1. The van der Waals surface area contributed by atoms with E-state index in [9.17, 15) is 8.78 Å². The molecule has 2 rings (SSSR count). The van der Waals surface area contributed by atoms with Gasteiger partial charge < -0.3 is 5.73 Å². The lowest BCUT2D eigenvalue weighted by Gasteiger charge is -2.13. The topological polar surface area (TPSA) is 26.0 Å². The molecule has 0 aromatic heterocycles. The van der Waals surface area contributed by atoms with Gasteiger partial charge in [0.1, 0.15) is 0 Å². The van der Waals surface area contributed by atoms with E-state index in [2.05, 4.69) is 0 Å². The number of nitrogens with two attached hydrogens (primary N) is 1. The van der Waals surface area contributed by atoms with Crippen molar-refractivity contribution in [3.05, 3.63) is 59.7 Å². The molecule has 2 aromatic carbocycles. The third-order valence-corrected chi connectivity index (χ3v) is 3.00. The van der Waals surface area contributed by atoms with Crippen LogP contribution < -0.4 is 5.73 Å². The average Bonchev–Trinajstić information content (AvgIpc) is 2.38. The third kappa shape index (κ3) is 2.57. The Morgan fingerprint density at radius 1 is 1.00 bits per heavy atom. The maximum absolute atomic E-state index is 12.6. The minimum Gasteiger partial charge on any atom is -0.319 e. The van der Waals surface area contributed by atoms with Gasteiger partial charge in [-0.25, -0.2) is 8.78 Å². The van der Waals surface area contributed by atoms with Crippen LogP contribution in [-0.4, -0.2) is 6.43 Å². The van der Waals surface area contributed by atoms with Crippen LogP contribution in [0.1, 0.15) is 17.2 Å². The Labute approximate surface area is 105 Å². The Hall–Kier alpha value is -1.74. The first-order chi connectivity index (χ1) is 8.59. The van der Waals surface area contributed by atoms with E-state index >= 15 is 0 Å². The van der Waals surface area contributed by atoms with Crippen LogP contribution in [0.4, 0.5) is 8.78 Å². The molecule has 1 nitrogen and oxygen atoms in total. The smallest absolute Gasteiger partial charge is 0.257 e. The summed E-state index contributed by atoms with van der Waals surface area (Å²) in [5, 5.41) is 0. The third-order valence-electron chi connectivity index (χ3n) is 3.00. The molecule has 0 aliphatic carbocycles. The first-order valence-corrected chi connectivity index (χ1v) is 5.79. The second-order valence-corrected chi connectivity index (χ2v) is 4.30. The van der Waals surface area contributed by atoms with Crippen molar-refractivity contribution >= 4 is 0 Å². The first kappa shape index (κ1) is 12.7. The molecule has 2 aromatic rings. The van der Waals surface area contributed by atoms with Gasteiger partial charge in [0.05, 0.1) is 6.04 Å². The normalized spacial score (nSPS) is 12.7. The predicted octanol–water partition coefficient (Wildman–Crippen LogP) is 3.93. The maximum Gasteiger partial charge on any atom is 0.257 e. The van der Waals surface area contributed by atoms with Crippen molar-refractivity contribution in [2.24, 2.45) is 5.73 Å². The summed E-state index contributed by atoms with van der Waals surface area (Å²) in [6.45, 7) is 2.00. The number of rotatable bonds is 3. The van der Waals surface area contributed by atoms with Crippen LogP contribution in [0.5, 0.6) is 0 Å². The Morgan fingerprint density at radius 3 is 2.39 bits per heavy atom. The zero-order valence-corrected chi connectivity index (χ0v) is 10.1. The van der Waals surface area contributed by atoms with Gasteiger partial charge >= 0.3 is 0 Å². The summed E-state index contributed by atoms with van der Waals surface area (Å²) in [4.78, 5) is 0. The van der Waals surface area contributed by atoms with Gasteiger partial charge in [-0.3, -0.25) is 0 Å². The van der Waals surface area contributed by atoms with Gasteiger partial charge in [-0.05, 0) is 35.2 Å². The van der Waals surface area contributed by atoms with E-state index in [4.69, 9.17) is 5.73 Å². The molecule has 94 valence electrons. The van der Waals surface area contributed by atoms with Crippen LogP contribution in [0, 0.1) is 6.92 Å². The molecule has 0 heterocycles. The molecule has 0 aliphatic rings. The number of benzene rings is 2. The van der Waals surface area contributed by atoms with Gasteiger partial charge in [0.25, 0.3) is 6.43 Å². The molecule has 0 bridgehead atoms. The molecule has 0 spiro atoms. The Morgan fingerprint density at radius 2 is 1.72 bits per heavy atom. The number of alkyl halides is 2. The van der Waals surface area contributed by atoms with Crippen molar-refractivity contribution in [2.45, 2.75) is 19.4 Å². The molecule has 1 atom stereocenters. The summed E-state index contributed by atoms with van der Waals surface area (Å²) in [5.41, 5.74) is 9.01. The highest BCUT2D eigenvalue weighted by Crippen LogP contribution is 2.27. The van der Waals surface area contributed by atoms with Gasteiger partial charge in [-0.2, -0.15) is 0 Å². The quantitative estimate of drug-likeness (QED) is 0.873. The second-order valence-electron chi connectivity index (χ2n) is 4.30. The molecular formula is C15H15F2N. The summed E-state index contributed by atoms with van der Waals surface area (Å²) in [7, 11) is 0. The fourth-order valence-electron chi connectivity index (χ4n) is 1.96. The Kier molecular flexibility index (Phi) is 3.72. The van der Waals surface area contributed by atoms with Gasteiger partial charge in [0, 0.05) is 0 Å². The van der Waals surface area contributed by atoms with Crippen LogP contribution in [0.2, 0.25) is 0 Å². The van der Waals surface area contributed by atoms with Crippen molar-refractivity contribution in [3.8, 4) is 11.1 Å². The molecule has 18 heavy (non-hydrogen) atoms. The summed E-state index contributed by atoms with van der Waals surface area (Å²) in [6, 6.07) is 13.7. The van der Waals surface area contributed by atoms with E-state index in [-0.39, 0.29) is 0 Å². The van der Waals surface area contributed by atoms with Crippen LogP contribution in [-0.2, 0) is 0 Å². The molecule has 2 N–H and O–H groups in total. The van der Waals surface area contributed by atoms with Gasteiger partial charge in [-0.1, -0.05) is 42.5 Å². The summed E-state index contributed by atoms with van der Waals surface area (Å²) >= 11 is 0. The summed E-state index contributed by atoms with van der Waals surface area (Å²) in [5.74, 6) is 0. The molecule has 0 fully saturated rings. The largest absolute Gasteiger partial charge is 0.319 e. The van der Waals surface area contributed by atoms with Crippen molar-refractivity contribution in [1.82, 2.24) is 0 Å². The minimum absolute atomic E-state index is 0.464. The highest BCUT2D eigenvalue weighted by atomic mass is 19.3. The number of halogens is 2. The lowest BCUT2D eigenvalue weighted by molar-refractivity contribution is 0.116. The number of hydrogen-bond donors (Lipinski definition) is 1. The van der Waals surface area contributed by atoms with E-state index < -0.39 is 12.5 Å². The molecule has 3 heteroatoms. The first-order valence-electron chi connectivity index (χ1n) is 5.79. The van der Waals surface area contributed by atoms with Gasteiger partial charge in [-0.15, -0.1) is 0 Å². The van der Waals surface area contributed by atoms with E-state index in [1.54, 1.807) is 18.2 Å². The highest BCUT2D eigenvalue weighted by molar-refractivity contribution is 5.67. The molecule has 0 aliphatic heterocycles. The Bertz CT molecular complexity index is 538. The SMILES string of the molecule is Cc1ccccc1-c1cccc(C(N)C(F)F)c1. The summed E-state index contributed by atoms with van der Waals surface area (Å²) in [6.07, 6.45) is -2.54. The summed E-state index contributed by atoms with van der Waals surface area (Å²) < 4.78 is 25.2. The second kappa shape index (κ2) is 5.27. The highest BCUT2D eigenvalue weighted by Gasteiger charge is 2.17. The molecule has 0 saturated carbocycles. The minimum atomic E-state index is -2.54. The molecule has 0 amide bonds. The van der Waals surface area contributed by atoms with Crippen molar-refractivity contribution in [3.63, 3.8) is 0 Å². The van der Waals surface area contributed by atoms with E-state index in [0.29, 0.717) is 5.56 Å². The Balaban J connectivity index is 2.42. The standard InChI is InChI=1S/C15H15F2N/c1-10-5-2-3-8-13(10)11-6-4-7-12(9-11)14(18)15(16)17/h2-9,14-15H,18H2,1H3. The van der Waals surface area contributed by atoms with Crippen molar-refractivity contribution < 1.29 is 8.78 Å². The van der Waals surface area contributed by atoms with Crippen molar-refractivity contribution in [1.29, 1.82) is 0 Å². The molecule has 0 radical (unpaired) electrons. The maximum atomic E-state index is 12.6. The zero-order valence-electron chi connectivity index (χ0n) is 10.1. The van der Waals surface area contributed by atoms with Crippen LogP contribution in [0.3, 0.4) is 0 Å². The predicted molar refractivity (Wildman–Crippen MR) is 69.5 cm³/mol. The fraction of sp³-hybridized carbons (Fsp3) is 0.200. The monoisotopic (exact) mass is 247 g/mol. The van der Waals surface area contributed by atoms with E-state index in [1.807, 2.05) is 37.3 Å². The molecule has 0 saturated heterocycles. The lowest BCUT2D eigenvalue weighted by atomic mass is 9.97. The van der Waals surface area contributed by atoms with Crippen LogP contribution in [0.25, 0.3) is 11.1 Å². The number of aryl methyl sites for hydroxylation is 1. The van der Waals surface area contributed by atoms with Gasteiger partial charge in [0.15, 0.2) is 0 Å². The lowest BCUT2D eigenvalue weighted by Crippen LogP contribution is -2.18. The molecular weight excluding hydrogens is 232 g/mol. The average molecular weight is 247 g/mol. The fourth-order valence-corrected chi connectivity index (χ4v) is 1.96. The van der Waals surface area contributed by atoms with Crippen LogP contribution in [0.15, 0.2) is 48.5 Å². The van der Waals surface area contributed by atoms with Crippen molar-refractivity contribution in [2.75, 3.05) is 0 Å².